The Hall–Kier alpha value is -1.10. The highest BCUT2D eigenvalue weighted by atomic mass is 16.2. The molecule has 0 saturated carbocycles. The van der Waals surface area contributed by atoms with E-state index in [0.29, 0.717) is 0 Å². The van der Waals surface area contributed by atoms with E-state index < -0.39 is 16.4 Å². The van der Waals surface area contributed by atoms with E-state index in [1.807, 2.05) is 13.8 Å². The van der Waals surface area contributed by atoms with Crippen LogP contribution in [0.5, 0.6) is 0 Å². The number of carbonyl (C=O) groups is 2. The normalized spacial score (nSPS) is 13.1. The second kappa shape index (κ2) is 5.26. The van der Waals surface area contributed by atoms with Crippen molar-refractivity contribution in [3.8, 4) is 0 Å². The molecule has 2 amide bonds. The molecule has 0 spiro atoms. The maximum absolute atomic E-state index is 12.1. The zero-order valence-corrected chi connectivity index (χ0v) is 12.6. The van der Waals surface area contributed by atoms with Crippen LogP contribution in [-0.2, 0) is 9.59 Å². The Balaban J connectivity index is 4.67. The summed E-state index contributed by atoms with van der Waals surface area (Å²) in [6.07, 6.45) is 0. The molecule has 0 saturated heterocycles. The van der Waals surface area contributed by atoms with Gasteiger partial charge in [0.05, 0.1) is 10.8 Å². The molecule has 5 nitrogen and oxygen atoms in total. The number of nitrogens with two attached hydrogens (primary N) is 1. The molecule has 0 rings (SSSR count). The lowest BCUT2D eigenvalue weighted by atomic mass is 9.74. The van der Waals surface area contributed by atoms with Crippen LogP contribution in [0, 0.1) is 10.8 Å². The van der Waals surface area contributed by atoms with Gasteiger partial charge in [0.15, 0.2) is 0 Å². The predicted molar refractivity (Wildman–Crippen MR) is 72.9 cm³/mol. The third-order valence-electron chi connectivity index (χ3n) is 3.71. The van der Waals surface area contributed by atoms with Gasteiger partial charge in [0.2, 0.25) is 11.8 Å². The molecule has 0 aliphatic carbocycles. The van der Waals surface area contributed by atoms with Crippen molar-refractivity contribution in [2.75, 3.05) is 13.6 Å². The lowest BCUT2D eigenvalue weighted by molar-refractivity contribution is -0.134. The maximum Gasteiger partial charge on any atom is 0.227 e. The predicted octanol–water partition coefficient (Wildman–Crippen LogP) is 0.638. The molecule has 5 heteroatoms. The molecule has 0 atom stereocenters. The molecule has 0 heterocycles. The van der Waals surface area contributed by atoms with Crippen LogP contribution in [0.15, 0.2) is 0 Å². The first-order chi connectivity index (χ1) is 7.86. The first kappa shape index (κ1) is 16.9. The number of carbonyl (C=O) groups excluding carboxylic acids is 2. The maximum atomic E-state index is 12.1. The molecule has 0 fully saturated rings. The van der Waals surface area contributed by atoms with Crippen molar-refractivity contribution >= 4 is 11.8 Å². The van der Waals surface area contributed by atoms with Gasteiger partial charge in [-0.2, -0.15) is 0 Å². The summed E-state index contributed by atoms with van der Waals surface area (Å²) >= 11 is 0. The minimum atomic E-state index is -0.703. The van der Waals surface area contributed by atoms with Gasteiger partial charge in [-0.3, -0.25) is 9.59 Å². The van der Waals surface area contributed by atoms with Gasteiger partial charge in [-0.05, 0) is 41.5 Å². The molecule has 0 bridgehead atoms. The SMILES string of the molecule is CNC(=O)C(C)(C)CNC(=O)C(C)(C)C(C)(C)N. The van der Waals surface area contributed by atoms with E-state index in [1.165, 1.54) is 0 Å². The lowest BCUT2D eigenvalue weighted by Crippen LogP contribution is -2.57. The minimum absolute atomic E-state index is 0.104. The van der Waals surface area contributed by atoms with Crippen molar-refractivity contribution in [2.24, 2.45) is 16.6 Å². The van der Waals surface area contributed by atoms with Gasteiger partial charge < -0.3 is 16.4 Å². The number of nitrogens with one attached hydrogen (secondary N) is 2. The van der Waals surface area contributed by atoms with Crippen LogP contribution >= 0.6 is 0 Å². The number of amides is 2. The van der Waals surface area contributed by atoms with Crippen molar-refractivity contribution in [1.29, 1.82) is 0 Å². The summed E-state index contributed by atoms with van der Waals surface area (Å²) < 4.78 is 0. The smallest absolute Gasteiger partial charge is 0.227 e. The average molecular weight is 257 g/mol. The van der Waals surface area contributed by atoms with Crippen LogP contribution in [0.4, 0.5) is 0 Å². The van der Waals surface area contributed by atoms with Gasteiger partial charge in [0, 0.05) is 19.1 Å². The van der Waals surface area contributed by atoms with Crippen molar-refractivity contribution in [1.82, 2.24) is 10.6 Å². The fraction of sp³-hybridized carbons (Fsp3) is 0.846. The van der Waals surface area contributed by atoms with E-state index in [0.717, 1.165) is 0 Å². The molecule has 0 aliphatic heterocycles. The van der Waals surface area contributed by atoms with Crippen LogP contribution in [0.2, 0.25) is 0 Å². The van der Waals surface area contributed by atoms with Gasteiger partial charge >= 0.3 is 0 Å². The first-order valence-corrected chi connectivity index (χ1v) is 6.15. The summed E-state index contributed by atoms with van der Waals surface area (Å²) in [6, 6.07) is 0. The molecule has 0 unspecified atom stereocenters. The Kier molecular flexibility index (Phi) is 4.94. The largest absolute Gasteiger partial charge is 0.359 e. The molecule has 0 aromatic heterocycles. The summed E-state index contributed by atoms with van der Waals surface area (Å²) in [5, 5.41) is 5.39. The Morgan fingerprint density at radius 1 is 1.00 bits per heavy atom. The van der Waals surface area contributed by atoms with Gasteiger partial charge in [-0.1, -0.05) is 0 Å². The van der Waals surface area contributed by atoms with E-state index in [-0.39, 0.29) is 18.4 Å². The third kappa shape index (κ3) is 3.70. The molecule has 106 valence electrons. The van der Waals surface area contributed by atoms with E-state index >= 15 is 0 Å². The van der Waals surface area contributed by atoms with Crippen LogP contribution in [0.25, 0.3) is 0 Å². The van der Waals surface area contributed by atoms with Gasteiger partial charge in [-0.15, -0.1) is 0 Å². The number of hydrogen-bond acceptors (Lipinski definition) is 3. The standard InChI is InChI=1S/C13H27N3O2/c1-11(2,9(17)15-7)8-16-10(18)12(3,4)13(5,6)14/h8,14H2,1-7H3,(H,15,17)(H,16,18). The Bertz CT molecular complexity index is 328. The van der Waals surface area contributed by atoms with Gasteiger partial charge in [0.25, 0.3) is 0 Å². The molecule has 0 aromatic carbocycles. The van der Waals surface area contributed by atoms with E-state index in [9.17, 15) is 9.59 Å². The highest BCUT2D eigenvalue weighted by Crippen LogP contribution is 2.28. The van der Waals surface area contributed by atoms with Crippen LogP contribution in [-0.4, -0.2) is 30.9 Å². The van der Waals surface area contributed by atoms with E-state index in [1.54, 1.807) is 34.7 Å². The monoisotopic (exact) mass is 257 g/mol. The molecule has 18 heavy (non-hydrogen) atoms. The highest BCUT2D eigenvalue weighted by Gasteiger charge is 2.41. The Labute approximate surface area is 110 Å². The summed E-state index contributed by atoms with van der Waals surface area (Å²) in [7, 11) is 1.58. The molecular weight excluding hydrogens is 230 g/mol. The summed E-state index contributed by atoms with van der Waals surface area (Å²) in [4.78, 5) is 23.8. The Morgan fingerprint density at radius 3 is 1.78 bits per heavy atom. The molecule has 0 aliphatic rings. The Morgan fingerprint density at radius 2 is 1.44 bits per heavy atom. The fourth-order valence-corrected chi connectivity index (χ4v) is 1.23. The molecule has 0 aromatic rings. The minimum Gasteiger partial charge on any atom is -0.359 e. The van der Waals surface area contributed by atoms with Crippen LogP contribution in [0.1, 0.15) is 41.5 Å². The highest BCUT2D eigenvalue weighted by molar-refractivity contribution is 5.85. The van der Waals surface area contributed by atoms with Crippen molar-refractivity contribution in [3.63, 3.8) is 0 Å². The zero-order valence-electron chi connectivity index (χ0n) is 12.6. The molecule has 0 radical (unpaired) electrons. The van der Waals surface area contributed by atoms with Crippen LogP contribution < -0.4 is 16.4 Å². The second-order valence-electron chi connectivity index (χ2n) is 6.49. The molecular formula is C13H27N3O2. The topological polar surface area (TPSA) is 84.2 Å². The van der Waals surface area contributed by atoms with E-state index in [4.69, 9.17) is 5.73 Å². The first-order valence-electron chi connectivity index (χ1n) is 6.15. The van der Waals surface area contributed by atoms with Crippen molar-refractivity contribution < 1.29 is 9.59 Å². The quantitative estimate of drug-likeness (QED) is 0.675. The fourth-order valence-electron chi connectivity index (χ4n) is 1.23. The van der Waals surface area contributed by atoms with Gasteiger partial charge in [0.1, 0.15) is 0 Å². The average Bonchev–Trinajstić information content (AvgIpc) is 2.22. The lowest BCUT2D eigenvalue weighted by Gasteiger charge is -2.37. The zero-order chi connectivity index (χ0) is 14.8. The number of rotatable bonds is 5. The van der Waals surface area contributed by atoms with Gasteiger partial charge in [-0.25, -0.2) is 0 Å². The van der Waals surface area contributed by atoms with Crippen molar-refractivity contribution in [2.45, 2.75) is 47.1 Å². The third-order valence-corrected chi connectivity index (χ3v) is 3.71. The summed E-state index contributed by atoms with van der Waals surface area (Å²) in [6.45, 7) is 11.1. The van der Waals surface area contributed by atoms with Crippen LogP contribution in [0.3, 0.4) is 0 Å². The summed E-state index contributed by atoms with van der Waals surface area (Å²) in [5.74, 6) is -0.250. The van der Waals surface area contributed by atoms with Crippen molar-refractivity contribution in [3.05, 3.63) is 0 Å². The second-order valence-corrected chi connectivity index (χ2v) is 6.49. The van der Waals surface area contributed by atoms with E-state index in [2.05, 4.69) is 10.6 Å². The molecule has 4 N–H and O–H groups in total. The number of hydrogen-bond donors (Lipinski definition) is 3. The summed E-state index contributed by atoms with van der Waals surface area (Å²) in [5.41, 5.74) is 4.03.